The lowest BCUT2D eigenvalue weighted by molar-refractivity contribution is -0.384. The molecule has 1 amide bonds. The van der Waals surface area contributed by atoms with Crippen molar-refractivity contribution in [2.45, 2.75) is 4.90 Å². The number of nitrogens with zero attached hydrogens (tertiary/aromatic N) is 1. The Morgan fingerprint density at radius 3 is 2.36 bits per heavy atom. The predicted octanol–water partition coefficient (Wildman–Crippen LogP) is 1.37. The van der Waals surface area contributed by atoms with Gasteiger partial charge in [0.2, 0.25) is 10.0 Å². The molecule has 0 unspecified atom stereocenters. The molecule has 0 aliphatic carbocycles. The minimum absolute atomic E-state index is 0.0741. The van der Waals surface area contributed by atoms with Gasteiger partial charge in [0, 0.05) is 23.4 Å². The summed E-state index contributed by atoms with van der Waals surface area (Å²) in [5, 5.41) is 20.6. The van der Waals surface area contributed by atoms with E-state index in [-0.39, 0.29) is 21.3 Å². The van der Waals surface area contributed by atoms with Crippen LogP contribution in [0.4, 0.5) is 11.4 Å². The maximum absolute atomic E-state index is 12.0. The molecular formula is C14H12N4O5S2. The van der Waals surface area contributed by atoms with Crippen molar-refractivity contribution in [1.29, 1.82) is 0 Å². The summed E-state index contributed by atoms with van der Waals surface area (Å²) in [5.74, 6) is -0.574. The molecule has 0 bridgehead atoms. The minimum atomic E-state index is -3.86. The number of amides is 1. The molecule has 0 aliphatic heterocycles. The second-order valence-electron chi connectivity index (χ2n) is 4.79. The summed E-state index contributed by atoms with van der Waals surface area (Å²) >= 11 is 4.98. The van der Waals surface area contributed by atoms with Gasteiger partial charge in [-0.05, 0) is 42.5 Å². The Morgan fingerprint density at radius 2 is 1.80 bits per heavy atom. The molecule has 2 rings (SSSR count). The van der Waals surface area contributed by atoms with E-state index in [9.17, 15) is 23.3 Å². The van der Waals surface area contributed by atoms with Crippen molar-refractivity contribution in [3.8, 4) is 0 Å². The Labute approximate surface area is 148 Å². The lowest BCUT2D eigenvalue weighted by atomic mass is 10.2. The molecular weight excluding hydrogens is 368 g/mol. The van der Waals surface area contributed by atoms with Crippen LogP contribution in [-0.4, -0.2) is 24.4 Å². The first-order chi connectivity index (χ1) is 11.7. The van der Waals surface area contributed by atoms with Gasteiger partial charge < -0.3 is 5.32 Å². The van der Waals surface area contributed by atoms with Crippen LogP contribution in [0.5, 0.6) is 0 Å². The second kappa shape index (κ2) is 7.34. The normalized spacial score (nSPS) is 10.8. The van der Waals surface area contributed by atoms with E-state index in [0.717, 1.165) is 0 Å². The Bertz CT molecular complexity index is 942. The highest BCUT2D eigenvalue weighted by Gasteiger charge is 2.12. The number of nitrogens with two attached hydrogens (primary N) is 1. The summed E-state index contributed by atoms with van der Waals surface area (Å²) in [7, 11) is -3.86. The predicted molar refractivity (Wildman–Crippen MR) is 94.6 cm³/mol. The van der Waals surface area contributed by atoms with Crippen LogP contribution >= 0.6 is 12.2 Å². The molecule has 130 valence electrons. The Morgan fingerprint density at radius 1 is 1.16 bits per heavy atom. The summed E-state index contributed by atoms with van der Waals surface area (Å²) in [6.45, 7) is 0. The SMILES string of the molecule is NS(=O)(=O)c1cccc(NC(=S)NC(=O)c2ccc([N+](=O)[O-])cc2)c1. The average molecular weight is 380 g/mol. The molecule has 0 saturated carbocycles. The largest absolute Gasteiger partial charge is 0.332 e. The van der Waals surface area contributed by atoms with Gasteiger partial charge in [-0.2, -0.15) is 0 Å². The summed E-state index contributed by atoms with van der Waals surface area (Å²) in [5.41, 5.74) is 0.352. The number of primary sulfonamides is 1. The fourth-order valence-electron chi connectivity index (χ4n) is 1.82. The number of nitrogens with one attached hydrogen (secondary N) is 2. The molecule has 9 nitrogen and oxygen atoms in total. The molecule has 0 aromatic heterocycles. The van der Waals surface area contributed by atoms with Crippen LogP contribution in [0.15, 0.2) is 53.4 Å². The van der Waals surface area contributed by atoms with Crippen molar-refractivity contribution < 1.29 is 18.1 Å². The van der Waals surface area contributed by atoms with Gasteiger partial charge in [-0.3, -0.25) is 20.2 Å². The van der Waals surface area contributed by atoms with Gasteiger partial charge in [0.25, 0.3) is 11.6 Å². The quantitative estimate of drug-likeness (QED) is 0.413. The Hall–Kier alpha value is -2.89. The minimum Gasteiger partial charge on any atom is -0.332 e. The molecule has 0 fully saturated rings. The number of hydrogen-bond acceptors (Lipinski definition) is 6. The van der Waals surface area contributed by atoms with Crippen LogP contribution in [-0.2, 0) is 10.0 Å². The molecule has 25 heavy (non-hydrogen) atoms. The van der Waals surface area contributed by atoms with Gasteiger partial charge in [-0.15, -0.1) is 0 Å². The third-order valence-corrected chi connectivity index (χ3v) is 4.10. The number of carbonyl (C=O) groups excluding carboxylic acids is 1. The van der Waals surface area contributed by atoms with Crippen LogP contribution in [0.1, 0.15) is 10.4 Å². The summed E-state index contributed by atoms with van der Waals surface area (Å²) in [4.78, 5) is 21.9. The van der Waals surface area contributed by atoms with Gasteiger partial charge in [-0.25, -0.2) is 13.6 Å². The van der Waals surface area contributed by atoms with Crippen molar-refractivity contribution in [1.82, 2.24) is 5.32 Å². The first-order valence-electron chi connectivity index (χ1n) is 6.66. The highest BCUT2D eigenvalue weighted by atomic mass is 32.2. The molecule has 0 heterocycles. The Kier molecular flexibility index (Phi) is 5.41. The lowest BCUT2D eigenvalue weighted by Gasteiger charge is -2.10. The number of anilines is 1. The van der Waals surface area contributed by atoms with E-state index in [1.54, 1.807) is 6.07 Å². The lowest BCUT2D eigenvalue weighted by Crippen LogP contribution is -2.34. The van der Waals surface area contributed by atoms with Crippen molar-refractivity contribution in [2.75, 3.05) is 5.32 Å². The topological polar surface area (TPSA) is 144 Å². The number of non-ortho nitro benzene ring substituents is 1. The summed E-state index contributed by atoms with van der Waals surface area (Å²) in [6, 6.07) is 10.6. The van der Waals surface area contributed by atoms with Crippen molar-refractivity contribution in [3.05, 3.63) is 64.2 Å². The van der Waals surface area contributed by atoms with Gasteiger partial charge in [0.1, 0.15) is 0 Å². The summed E-state index contributed by atoms with van der Waals surface area (Å²) < 4.78 is 22.6. The second-order valence-corrected chi connectivity index (χ2v) is 6.75. The number of nitro groups is 1. The third-order valence-electron chi connectivity index (χ3n) is 2.99. The molecule has 2 aromatic rings. The molecule has 0 radical (unpaired) electrons. The standard InChI is InChI=1S/C14H12N4O5S2/c15-25(22,23)12-3-1-2-10(8-12)16-14(24)17-13(19)9-4-6-11(7-5-9)18(20)21/h1-8H,(H2,15,22,23)(H2,16,17,19,24). The number of rotatable bonds is 4. The molecule has 0 atom stereocenters. The van der Waals surface area contributed by atoms with E-state index in [4.69, 9.17) is 17.4 Å². The number of hydrogen-bond donors (Lipinski definition) is 3. The van der Waals surface area contributed by atoms with Crippen LogP contribution in [0, 0.1) is 10.1 Å². The molecule has 0 saturated heterocycles. The van der Waals surface area contributed by atoms with Crippen LogP contribution in [0.25, 0.3) is 0 Å². The molecule has 11 heteroatoms. The smallest absolute Gasteiger partial charge is 0.269 e. The maximum Gasteiger partial charge on any atom is 0.269 e. The zero-order chi connectivity index (χ0) is 18.6. The van der Waals surface area contributed by atoms with Crippen molar-refractivity contribution in [2.24, 2.45) is 5.14 Å². The van der Waals surface area contributed by atoms with Crippen LogP contribution in [0.2, 0.25) is 0 Å². The number of sulfonamides is 1. The van der Waals surface area contributed by atoms with Gasteiger partial charge >= 0.3 is 0 Å². The molecule has 0 aliphatic rings. The van der Waals surface area contributed by atoms with E-state index in [2.05, 4.69) is 10.6 Å². The third kappa shape index (κ3) is 5.04. The molecule has 0 spiro atoms. The van der Waals surface area contributed by atoms with Gasteiger partial charge in [0.15, 0.2) is 5.11 Å². The fraction of sp³-hybridized carbons (Fsp3) is 0. The van der Waals surface area contributed by atoms with Crippen LogP contribution < -0.4 is 15.8 Å². The Balaban J connectivity index is 2.05. The zero-order valence-corrected chi connectivity index (χ0v) is 14.1. The molecule has 4 N–H and O–H groups in total. The van der Waals surface area contributed by atoms with Crippen molar-refractivity contribution >= 4 is 44.6 Å². The monoisotopic (exact) mass is 380 g/mol. The molecule has 2 aromatic carbocycles. The number of nitro benzene ring substituents is 1. The number of carbonyl (C=O) groups is 1. The van der Waals surface area contributed by atoms with Crippen LogP contribution in [0.3, 0.4) is 0 Å². The van der Waals surface area contributed by atoms with Gasteiger partial charge in [0.05, 0.1) is 9.82 Å². The zero-order valence-electron chi connectivity index (χ0n) is 12.5. The van der Waals surface area contributed by atoms with E-state index in [0.29, 0.717) is 5.69 Å². The number of benzene rings is 2. The average Bonchev–Trinajstić information content (AvgIpc) is 2.54. The highest BCUT2D eigenvalue weighted by Crippen LogP contribution is 2.14. The first kappa shape index (κ1) is 18.4. The highest BCUT2D eigenvalue weighted by molar-refractivity contribution is 7.89. The van der Waals surface area contributed by atoms with E-state index in [1.165, 1.54) is 42.5 Å². The van der Waals surface area contributed by atoms with E-state index >= 15 is 0 Å². The van der Waals surface area contributed by atoms with E-state index < -0.39 is 20.9 Å². The summed E-state index contributed by atoms with van der Waals surface area (Å²) in [6.07, 6.45) is 0. The first-order valence-corrected chi connectivity index (χ1v) is 8.62. The maximum atomic E-state index is 12.0. The van der Waals surface area contributed by atoms with Crippen molar-refractivity contribution in [3.63, 3.8) is 0 Å². The van der Waals surface area contributed by atoms with Gasteiger partial charge in [-0.1, -0.05) is 6.07 Å². The fourth-order valence-corrected chi connectivity index (χ4v) is 2.59. The number of thiocarbonyl (C=S) groups is 1. The van der Waals surface area contributed by atoms with E-state index in [1.807, 2.05) is 0 Å².